The van der Waals surface area contributed by atoms with Crippen LogP contribution >= 0.6 is 0 Å². The zero-order valence-corrected chi connectivity index (χ0v) is 13.0. The Morgan fingerprint density at radius 2 is 2.19 bits per heavy atom. The van der Waals surface area contributed by atoms with Crippen LogP contribution in [-0.4, -0.2) is 74.2 Å². The van der Waals surface area contributed by atoms with Gasteiger partial charge >= 0.3 is 0 Å². The molecule has 0 aromatic rings. The smallest absolute Gasteiger partial charge is 0.242 e. The minimum absolute atomic E-state index is 0.0160. The van der Waals surface area contributed by atoms with Gasteiger partial charge in [-0.25, -0.2) is 0 Å². The lowest BCUT2D eigenvalue weighted by Crippen LogP contribution is -2.46. The molecule has 6 heteroatoms. The highest BCUT2D eigenvalue weighted by Gasteiger charge is 2.34. The van der Waals surface area contributed by atoms with Crippen molar-refractivity contribution in [1.82, 2.24) is 9.80 Å². The summed E-state index contributed by atoms with van der Waals surface area (Å²) in [6, 6.07) is 0. The summed E-state index contributed by atoms with van der Waals surface area (Å²) in [5.74, 6) is -0.0107. The Balaban J connectivity index is 1.94. The van der Waals surface area contributed by atoms with Crippen LogP contribution < -0.4 is 0 Å². The Bertz CT molecular complexity index is 375. The first-order chi connectivity index (χ1) is 10.1. The molecule has 0 N–H and O–H groups in total. The van der Waals surface area contributed by atoms with Gasteiger partial charge in [-0.3, -0.25) is 9.59 Å². The van der Waals surface area contributed by atoms with E-state index in [-0.39, 0.29) is 30.4 Å². The van der Waals surface area contributed by atoms with Crippen molar-refractivity contribution in [3.63, 3.8) is 0 Å². The van der Waals surface area contributed by atoms with Crippen LogP contribution in [0.2, 0.25) is 0 Å². The van der Waals surface area contributed by atoms with Crippen LogP contribution in [0.3, 0.4) is 0 Å². The predicted octanol–water partition coefficient (Wildman–Crippen LogP) is 0.509. The minimum atomic E-state index is -0.0999. The predicted molar refractivity (Wildman–Crippen MR) is 77.8 cm³/mol. The molecule has 0 bridgehead atoms. The second-order valence-corrected chi connectivity index (χ2v) is 5.81. The van der Waals surface area contributed by atoms with Crippen molar-refractivity contribution in [2.75, 3.05) is 46.5 Å². The minimum Gasteiger partial charge on any atom is -0.383 e. The normalized spacial score (nSPS) is 27.6. The van der Waals surface area contributed by atoms with Gasteiger partial charge in [-0.2, -0.15) is 0 Å². The molecule has 0 radical (unpaired) electrons. The molecule has 2 amide bonds. The van der Waals surface area contributed by atoms with E-state index in [1.807, 2.05) is 6.92 Å². The van der Waals surface area contributed by atoms with Crippen LogP contribution in [0.4, 0.5) is 0 Å². The van der Waals surface area contributed by atoms with Crippen molar-refractivity contribution in [3.05, 3.63) is 0 Å². The highest BCUT2D eigenvalue weighted by molar-refractivity contribution is 5.86. The Morgan fingerprint density at radius 3 is 2.90 bits per heavy atom. The topological polar surface area (TPSA) is 59.1 Å². The summed E-state index contributed by atoms with van der Waals surface area (Å²) in [5, 5.41) is 0. The number of hydrogen-bond donors (Lipinski definition) is 0. The molecule has 0 unspecified atom stereocenters. The second kappa shape index (κ2) is 7.75. The lowest BCUT2D eigenvalue weighted by molar-refractivity contribution is -0.147. The van der Waals surface area contributed by atoms with Crippen LogP contribution in [0.5, 0.6) is 0 Å². The third-order valence-corrected chi connectivity index (χ3v) is 4.34. The van der Waals surface area contributed by atoms with E-state index in [2.05, 4.69) is 0 Å². The second-order valence-electron chi connectivity index (χ2n) is 5.81. The summed E-state index contributed by atoms with van der Waals surface area (Å²) in [6.45, 7) is 5.35. The zero-order chi connectivity index (χ0) is 15.2. The fourth-order valence-corrected chi connectivity index (χ4v) is 3.03. The fraction of sp³-hybridized carbons (Fsp3) is 0.867. The number of rotatable bonds is 4. The maximum absolute atomic E-state index is 12.6. The number of carbonyl (C=O) groups is 2. The lowest BCUT2D eigenvalue weighted by atomic mass is 9.94. The third kappa shape index (κ3) is 4.17. The number of amides is 2. The standard InChI is InChI=1S/C15H26N2O4/c1-12-13(5-3-9-21-12)15(19)17-7-4-6-16(8-10-20-2)14(18)11-17/h12-13H,3-11H2,1-2H3/t12-,13-/m0/s1. The summed E-state index contributed by atoms with van der Waals surface area (Å²) in [5.41, 5.74) is 0. The van der Waals surface area contributed by atoms with Crippen molar-refractivity contribution in [1.29, 1.82) is 0 Å². The molecule has 2 fully saturated rings. The Labute approximate surface area is 126 Å². The number of methoxy groups -OCH3 is 1. The lowest BCUT2D eigenvalue weighted by Gasteiger charge is -2.32. The Kier molecular flexibility index (Phi) is 5.99. The van der Waals surface area contributed by atoms with E-state index >= 15 is 0 Å². The summed E-state index contributed by atoms with van der Waals surface area (Å²) in [7, 11) is 1.63. The van der Waals surface area contributed by atoms with Crippen LogP contribution in [0, 0.1) is 5.92 Å². The number of carbonyl (C=O) groups excluding carboxylic acids is 2. The number of ether oxygens (including phenoxy) is 2. The molecule has 0 aromatic carbocycles. The average Bonchev–Trinajstić information content (AvgIpc) is 2.67. The van der Waals surface area contributed by atoms with Gasteiger partial charge in [0.05, 0.1) is 25.2 Å². The third-order valence-electron chi connectivity index (χ3n) is 4.34. The first kappa shape index (κ1) is 16.2. The van der Waals surface area contributed by atoms with Gasteiger partial charge in [-0.15, -0.1) is 0 Å². The molecule has 21 heavy (non-hydrogen) atoms. The summed E-state index contributed by atoms with van der Waals surface area (Å²) in [4.78, 5) is 28.4. The summed E-state index contributed by atoms with van der Waals surface area (Å²) < 4.78 is 10.6. The molecule has 2 heterocycles. The Hall–Kier alpha value is -1.14. The largest absolute Gasteiger partial charge is 0.383 e. The van der Waals surface area contributed by atoms with Crippen LogP contribution in [0.1, 0.15) is 26.2 Å². The first-order valence-electron chi connectivity index (χ1n) is 7.80. The molecule has 2 aliphatic heterocycles. The molecule has 2 aliphatic rings. The van der Waals surface area contributed by atoms with E-state index in [1.54, 1.807) is 16.9 Å². The molecule has 0 saturated carbocycles. The molecule has 2 saturated heterocycles. The van der Waals surface area contributed by atoms with Crippen LogP contribution in [-0.2, 0) is 19.1 Å². The summed E-state index contributed by atoms with van der Waals surface area (Å²) in [6.07, 6.45) is 2.55. The molecule has 6 nitrogen and oxygen atoms in total. The van der Waals surface area contributed by atoms with Gasteiger partial charge in [0.15, 0.2) is 0 Å². The highest BCUT2D eigenvalue weighted by atomic mass is 16.5. The van der Waals surface area contributed by atoms with Gasteiger partial charge in [0, 0.05) is 33.4 Å². The van der Waals surface area contributed by atoms with Crippen molar-refractivity contribution in [2.45, 2.75) is 32.3 Å². The van der Waals surface area contributed by atoms with Gasteiger partial charge in [0.25, 0.3) is 0 Å². The number of nitrogens with zero attached hydrogens (tertiary/aromatic N) is 2. The van der Waals surface area contributed by atoms with Gasteiger partial charge in [-0.1, -0.05) is 0 Å². The molecular weight excluding hydrogens is 272 g/mol. The maximum atomic E-state index is 12.6. The molecule has 120 valence electrons. The Morgan fingerprint density at radius 1 is 1.38 bits per heavy atom. The SMILES string of the molecule is COCCN1CCCN(C(=O)[C@H]2CCCO[C@H]2C)CC1=O. The molecular formula is C15H26N2O4. The molecule has 0 aromatic heterocycles. The van der Waals surface area contributed by atoms with E-state index in [1.165, 1.54) is 0 Å². The van der Waals surface area contributed by atoms with Gasteiger partial charge in [0.2, 0.25) is 11.8 Å². The van der Waals surface area contributed by atoms with Gasteiger partial charge in [-0.05, 0) is 26.2 Å². The average molecular weight is 298 g/mol. The van der Waals surface area contributed by atoms with Crippen LogP contribution in [0.25, 0.3) is 0 Å². The van der Waals surface area contributed by atoms with E-state index in [9.17, 15) is 9.59 Å². The highest BCUT2D eigenvalue weighted by Crippen LogP contribution is 2.23. The first-order valence-corrected chi connectivity index (χ1v) is 7.80. The van der Waals surface area contributed by atoms with E-state index in [4.69, 9.17) is 9.47 Å². The molecule has 0 aliphatic carbocycles. The van der Waals surface area contributed by atoms with Crippen molar-refractivity contribution in [3.8, 4) is 0 Å². The quantitative estimate of drug-likeness (QED) is 0.759. The van der Waals surface area contributed by atoms with Gasteiger partial charge in [0.1, 0.15) is 0 Å². The van der Waals surface area contributed by atoms with Gasteiger partial charge < -0.3 is 19.3 Å². The summed E-state index contributed by atoms with van der Waals surface area (Å²) >= 11 is 0. The molecule has 2 atom stereocenters. The van der Waals surface area contributed by atoms with Crippen LogP contribution in [0.15, 0.2) is 0 Å². The van der Waals surface area contributed by atoms with E-state index in [0.29, 0.717) is 26.2 Å². The number of hydrogen-bond acceptors (Lipinski definition) is 4. The molecule has 2 rings (SSSR count). The van der Waals surface area contributed by atoms with Crippen molar-refractivity contribution in [2.24, 2.45) is 5.92 Å². The van der Waals surface area contributed by atoms with E-state index in [0.717, 1.165) is 25.9 Å². The zero-order valence-electron chi connectivity index (χ0n) is 13.0. The fourth-order valence-electron chi connectivity index (χ4n) is 3.03. The van der Waals surface area contributed by atoms with Crippen molar-refractivity contribution < 1.29 is 19.1 Å². The monoisotopic (exact) mass is 298 g/mol. The van der Waals surface area contributed by atoms with Crippen molar-refractivity contribution >= 4 is 11.8 Å². The van der Waals surface area contributed by atoms with E-state index < -0.39 is 0 Å². The molecule has 0 spiro atoms. The maximum Gasteiger partial charge on any atom is 0.242 e.